The van der Waals surface area contributed by atoms with E-state index < -0.39 is 44.7 Å². The van der Waals surface area contributed by atoms with Gasteiger partial charge in [-0.05, 0) is 61.4 Å². The highest BCUT2D eigenvalue weighted by atomic mass is 32.2. The third kappa shape index (κ3) is 5.39. The number of rotatable bonds is 6. The molecule has 0 saturated heterocycles. The van der Waals surface area contributed by atoms with Gasteiger partial charge in [-0.2, -0.15) is 36.3 Å². The fourth-order valence-electron chi connectivity index (χ4n) is 4.11. The summed E-state index contributed by atoms with van der Waals surface area (Å²) in [5, 5.41) is 10.1. The number of aryl methyl sites for hydroxylation is 1. The molecule has 4 rings (SSSR count). The first kappa shape index (κ1) is 29.0. The molecule has 0 aliphatic carbocycles. The Balaban J connectivity index is 1.97. The van der Waals surface area contributed by atoms with Crippen LogP contribution in [0.4, 0.5) is 30.7 Å². The molecule has 0 unspecified atom stereocenters. The Morgan fingerprint density at radius 1 is 1.07 bits per heavy atom. The third-order valence-electron chi connectivity index (χ3n) is 6.17. The van der Waals surface area contributed by atoms with Gasteiger partial charge in [-0.1, -0.05) is 13.0 Å². The number of pyridine rings is 1. The van der Waals surface area contributed by atoms with Crippen molar-refractivity contribution in [2.75, 3.05) is 0 Å². The van der Waals surface area contributed by atoms with Gasteiger partial charge in [0.15, 0.2) is 0 Å². The van der Waals surface area contributed by atoms with E-state index in [1.165, 1.54) is 21.4 Å². The van der Waals surface area contributed by atoms with Crippen LogP contribution >= 0.6 is 0 Å². The van der Waals surface area contributed by atoms with Gasteiger partial charge in [-0.15, -0.1) is 0 Å². The van der Waals surface area contributed by atoms with Crippen LogP contribution in [0.5, 0.6) is 0 Å². The molecule has 0 amide bonds. The minimum absolute atomic E-state index is 0.0378. The lowest BCUT2D eigenvalue weighted by Gasteiger charge is -2.17. The normalized spacial score (nSPS) is 13.4. The van der Waals surface area contributed by atoms with Crippen LogP contribution in [0.3, 0.4) is 0 Å². The number of nitriles is 1. The van der Waals surface area contributed by atoms with Crippen LogP contribution in [0, 0.1) is 17.1 Å². The van der Waals surface area contributed by atoms with Gasteiger partial charge in [-0.3, -0.25) is 4.98 Å². The van der Waals surface area contributed by atoms with E-state index >= 15 is 0 Å². The number of benzene rings is 2. The molecular weight excluding hydrogens is 565 g/mol. The standard InChI is InChI=1S/C26H19F7N4O2S/c1-3-15-9-23-19(11-21(15)27)20(12-34)24(37(23)17-6-4-5-16(10-17)26(31,32)33)22-8-7-18(13-35-22)40(38,39)36-14(2)25(28,29)30/h4-11,13-14,36H,3H2,1-2H3/t14-/m0/s1. The lowest BCUT2D eigenvalue weighted by molar-refractivity contribution is -0.147. The molecule has 14 heteroatoms. The Morgan fingerprint density at radius 3 is 2.33 bits per heavy atom. The molecule has 0 aliphatic heterocycles. The molecule has 40 heavy (non-hydrogen) atoms. The molecule has 2 heterocycles. The molecule has 4 aromatic rings. The molecule has 0 spiro atoms. The lowest BCUT2D eigenvalue weighted by Crippen LogP contribution is -2.42. The molecule has 2 aromatic heterocycles. The second-order valence-electron chi connectivity index (χ2n) is 8.80. The first-order chi connectivity index (χ1) is 18.6. The lowest BCUT2D eigenvalue weighted by atomic mass is 10.1. The highest BCUT2D eigenvalue weighted by Crippen LogP contribution is 2.38. The number of hydrogen-bond acceptors (Lipinski definition) is 4. The van der Waals surface area contributed by atoms with Crippen molar-refractivity contribution in [1.29, 1.82) is 5.26 Å². The second-order valence-corrected chi connectivity index (χ2v) is 10.5. The van der Waals surface area contributed by atoms with Crippen molar-refractivity contribution in [3.63, 3.8) is 0 Å². The average Bonchev–Trinajstić information content (AvgIpc) is 3.20. The Hall–Kier alpha value is -3.96. The Kier molecular flexibility index (Phi) is 7.42. The van der Waals surface area contributed by atoms with Gasteiger partial charge in [0.25, 0.3) is 0 Å². The summed E-state index contributed by atoms with van der Waals surface area (Å²) in [7, 11) is -4.66. The molecule has 1 atom stereocenters. The summed E-state index contributed by atoms with van der Waals surface area (Å²) in [6.45, 7) is 2.29. The predicted molar refractivity (Wildman–Crippen MR) is 131 cm³/mol. The van der Waals surface area contributed by atoms with Gasteiger partial charge in [0.05, 0.1) is 28.0 Å². The van der Waals surface area contributed by atoms with E-state index in [0.717, 1.165) is 42.6 Å². The monoisotopic (exact) mass is 584 g/mol. The summed E-state index contributed by atoms with van der Waals surface area (Å²) in [6, 6.07) is 8.24. The summed E-state index contributed by atoms with van der Waals surface area (Å²) in [6.07, 6.45) is -8.55. The van der Waals surface area contributed by atoms with Gasteiger partial charge >= 0.3 is 12.4 Å². The summed E-state index contributed by atoms with van der Waals surface area (Å²) >= 11 is 0. The van der Waals surface area contributed by atoms with Crippen LogP contribution in [0.25, 0.3) is 28.0 Å². The molecule has 0 saturated carbocycles. The Bertz CT molecular complexity index is 1740. The molecule has 2 aromatic carbocycles. The van der Waals surface area contributed by atoms with Gasteiger partial charge in [0.1, 0.15) is 22.8 Å². The maximum Gasteiger partial charge on any atom is 0.416 e. The summed E-state index contributed by atoms with van der Waals surface area (Å²) in [5.74, 6) is -0.640. The molecule has 0 fully saturated rings. The SMILES string of the molecule is CCc1cc2c(cc1F)c(C#N)c(-c1ccc(S(=O)(=O)N[C@@H](C)C(F)(F)F)cn1)n2-c1cccc(C(F)(F)F)c1. The van der Waals surface area contributed by atoms with Gasteiger partial charge < -0.3 is 4.57 Å². The van der Waals surface area contributed by atoms with Crippen LogP contribution in [-0.2, 0) is 22.6 Å². The quantitative estimate of drug-likeness (QED) is 0.262. The number of nitrogens with zero attached hydrogens (tertiary/aromatic N) is 3. The van der Waals surface area contributed by atoms with Crippen molar-refractivity contribution in [3.05, 3.63) is 77.2 Å². The van der Waals surface area contributed by atoms with Crippen LogP contribution < -0.4 is 4.72 Å². The fourth-order valence-corrected chi connectivity index (χ4v) is 5.29. The molecule has 6 nitrogen and oxygen atoms in total. The van der Waals surface area contributed by atoms with Crippen LogP contribution in [0.15, 0.2) is 59.6 Å². The van der Waals surface area contributed by atoms with E-state index in [9.17, 15) is 44.4 Å². The van der Waals surface area contributed by atoms with Gasteiger partial charge in [0.2, 0.25) is 10.0 Å². The topological polar surface area (TPSA) is 87.8 Å². The molecule has 0 aliphatic rings. The van der Waals surface area contributed by atoms with E-state index in [1.807, 2.05) is 6.07 Å². The summed E-state index contributed by atoms with van der Waals surface area (Å²) in [5.41, 5.74) is -0.910. The molecule has 0 bridgehead atoms. The van der Waals surface area contributed by atoms with Crippen molar-refractivity contribution in [1.82, 2.24) is 14.3 Å². The minimum atomic E-state index is -4.85. The Morgan fingerprint density at radius 2 is 1.77 bits per heavy atom. The summed E-state index contributed by atoms with van der Waals surface area (Å²) < 4.78 is 122. The number of alkyl halides is 6. The Labute approximate surface area is 223 Å². The maximum atomic E-state index is 14.7. The molecule has 210 valence electrons. The number of sulfonamides is 1. The smallest absolute Gasteiger partial charge is 0.307 e. The molecule has 0 radical (unpaired) electrons. The van der Waals surface area contributed by atoms with Crippen molar-refractivity contribution in [3.8, 4) is 23.1 Å². The van der Waals surface area contributed by atoms with Crippen LogP contribution in [0.2, 0.25) is 0 Å². The van der Waals surface area contributed by atoms with Crippen LogP contribution in [0.1, 0.15) is 30.5 Å². The van der Waals surface area contributed by atoms with Crippen molar-refractivity contribution >= 4 is 20.9 Å². The number of aromatic nitrogens is 2. The van der Waals surface area contributed by atoms with E-state index in [-0.39, 0.29) is 45.5 Å². The zero-order valence-corrected chi connectivity index (χ0v) is 21.5. The first-order valence-corrected chi connectivity index (χ1v) is 13.1. The van der Waals surface area contributed by atoms with E-state index in [2.05, 4.69) is 4.98 Å². The first-order valence-electron chi connectivity index (χ1n) is 11.6. The molecular formula is C26H19F7N4O2S. The van der Waals surface area contributed by atoms with Gasteiger partial charge in [0, 0.05) is 17.3 Å². The highest BCUT2D eigenvalue weighted by molar-refractivity contribution is 7.89. The fraction of sp³-hybridized carbons (Fsp3) is 0.231. The zero-order chi connectivity index (χ0) is 29.6. The van der Waals surface area contributed by atoms with E-state index in [1.54, 1.807) is 6.92 Å². The number of halogens is 7. The number of hydrogen-bond donors (Lipinski definition) is 1. The van der Waals surface area contributed by atoms with Gasteiger partial charge in [-0.25, -0.2) is 12.8 Å². The van der Waals surface area contributed by atoms with E-state index in [0.29, 0.717) is 6.92 Å². The van der Waals surface area contributed by atoms with Crippen molar-refractivity contribution in [2.24, 2.45) is 0 Å². The minimum Gasteiger partial charge on any atom is -0.307 e. The molecule has 1 N–H and O–H groups in total. The summed E-state index contributed by atoms with van der Waals surface area (Å²) in [4.78, 5) is 3.40. The average molecular weight is 585 g/mol. The van der Waals surface area contributed by atoms with E-state index in [4.69, 9.17) is 0 Å². The number of nitrogens with one attached hydrogen (secondary N) is 1. The number of fused-ring (bicyclic) bond motifs is 1. The van der Waals surface area contributed by atoms with Crippen molar-refractivity contribution < 1.29 is 39.2 Å². The van der Waals surface area contributed by atoms with Crippen LogP contribution in [-0.4, -0.2) is 30.2 Å². The van der Waals surface area contributed by atoms with Crippen molar-refractivity contribution in [2.45, 2.75) is 43.6 Å². The second kappa shape index (κ2) is 10.2. The zero-order valence-electron chi connectivity index (χ0n) is 20.7. The largest absolute Gasteiger partial charge is 0.416 e. The third-order valence-corrected chi connectivity index (χ3v) is 7.70. The highest BCUT2D eigenvalue weighted by Gasteiger charge is 2.39. The maximum absolute atomic E-state index is 14.7. The predicted octanol–water partition coefficient (Wildman–Crippen LogP) is 6.51.